The molecular weight excluding hydrogens is 290 g/mol. The van der Waals surface area contributed by atoms with Crippen LogP contribution in [0.4, 0.5) is 0 Å². The van der Waals surface area contributed by atoms with Gasteiger partial charge in [-0.25, -0.2) is 4.79 Å². The zero-order valence-electron chi connectivity index (χ0n) is 13.0. The minimum atomic E-state index is -1.44. The average Bonchev–Trinajstić information content (AvgIpc) is 2.51. The molecule has 1 N–H and O–H groups in total. The standard InChI is InChI=1S/C15H19NO6/c1-15(14(20)22-4,16(2)12(17)9-13(18)19)10-5-7-11(21-3)8-6-10/h5-8H,9H2,1-4H3,(H,18,19). The lowest BCUT2D eigenvalue weighted by Gasteiger charge is -2.36. The van der Waals surface area contributed by atoms with Crippen LogP contribution in [0.1, 0.15) is 18.9 Å². The fourth-order valence-electron chi connectivity index (χ4n) is 2.06. The number of hydrogen-bond donors (Lipinski definition) is 1. The summed E-state index contributed by atoms with van der Waals surface area (Å²) in [6.45, 7) is 1.50. The number of esters is 1. The zero-order chi connectivity index (χ0) is 16.9. The largest absolute Gasteiger partial charge is 0.497 e. The number of carboxylic acid groups (broad SMARTS) is 1. The van der Waals surface area contributed by atoms with Gasteiger partial charge in [0.2, 0.25) is 5.91 Å². The summed E-state index contributed by atoms with van der Waals surface area (Å²) in [6.07, 6.45) is -0.709. The first-order valence-corrected chi connectivity index (χ1v) is 6.48. The van der Waals surface area contributed by atoms with Gasteiger partial charge in [-0.1, -0.05) is 12.1 Å². The molecule has 0 aliphatic rings. The van der Waals surface area contributed by atoms with Crippen LogP contribution >= 0.6 is 0 Å². The zero-order valence-corrected chi connectivity index (χ0v) is 13.0. The molecule has 120 valence electrons. The van der Waals surface area contributed by atoms with Crippen molar-refractivity contribution in [3.05, 3.63) is 29.8 Å². The number of methoxy groups -OCH3 is 2. The van der Waals surface area contributed by atoms with Gasteiger partial charge in [-0.05, 0) is 24.6 Å². The van der Waals surface area contributed by atoms with Crippen molar-refractivity contribution in [2.45, 2.75) is 18.9 Å². The molecule has 0 bridgehead atoms. The van der Waals surface area contributed by atoms with Crippen LogP contribution in [0.15, 0.2) is 24.3 Å². The topological polar surface area (TPSA) is 93.1 Å². The lowest BCUT2D eigenvalue weighted by molar-refractivity contribution is -0.162. The lowest BCUT2D eigenvalue weighted by Crippen LogP contribution is -2.51. The highest BCUT2D eigenvalue weighted by Crippen LogP contribution is 2.30. The highest BCUT2D eigenvalue weighted by molar-refractivity contribution is 5.96. The molecule has 1 atom stereocenters. The Bertz CT molecular complexity index is 568. The Morgan fingerprint density at radius 3 is 2.14 bits per heavy atom. The molecule has 0 saturated carbocycles. The van der Waals surface area contributed by atoms with Gasteiger partial charge in [-0.3, -0.25) is 9.59 Å². The van der Waals surface area contributed by atoms with Crippen LogP contribution in [0, 0.1) is 0 Å². The molecule has 7 nitrogen and oxygen atoms in total. The molecule has 0 fully saturated rings. The fourth-order valence-corrected chi connectivity index (χ4v) is 2.06. The summed E-state index contributed by atoms with van der Waals surface area (Å²) in [6, 6.07) is 6.54. The number of carboxylic acids is 1. The summed E-state index contributed by atoms with van der Waals surface area (Å²) in [4.78, 5) is 36.1. The lowest BCUT2D eigenvalue weighted by atomic mass is 9.90. The Morgan fingerprint density at radius 1 is 1.18 bits per heavy atom. The van der Waals surface area contributed by atoms with E-state index in [-0.39, 0.29) is 0 Å². The number of amides is 1. The number of carbonyl (C=O) groups excluding carboxylic acids is 2. The van der Waals surface area contributed by atoms with Crippen LogP contribution in [0.3, 0.4) is 0 Å². The number of ether oxygens (including phenoxy) is 2. The van der Waals surface area contributed by atoms with E-state index in [0.717, 1.165) is 4.90 Å². The average molecular weight is 309 g/mol. The Morgan fingerprint density at radius 2 is 1.73 bits per heavy atom. The summed E-state index contributed by atoms with van der Waals surface area (Å²) < 4.78 is 9.85. The van der Waals surface area contributed by atoms with Gasteiger partial charge in [0.05, 0.1) is 14.2 Å². The van der Waals surface area contributed by atoms with Gasteiger partial charge in [0.25, 0.3) is 0 Å². The maximum Gasteiger partial charge on any atom is 0.336 e. The number of nitrogens with zero attached hydrogens (tertiary/aromatic N) is 1. The fraction of sp³-hybridized carbons (Fsp3) is 0.400. The van der Waals surface area contributed by atoms with E-state index in [2.05, 4.69) is 0 Å². The maximum absolute atomic E-state index is 12.2. The smallest absolute Gasteiger partial charge is 0.336 e. The molecule has 0 aliphatic heterocycles. The molecule has 0 saturated heterocycles. The van der Waals surface area contributed by atoms with Crippen LogP contribution in [0.2, 0.25) is 0 Å². The minimum absolute atomic E-state index is 0.487. The first kappa shape index (κ1) is 17.5. The Labute approximate surface area is 128 Å². The van der Waals surface area contributed by atoms with E-state index in [0.29, 0.717) is 11.3 Å². The second kappa shape index (κ2) is 6.93. The van der Waals surface area contributed by atoms with Crippen molar-refractivity contribution in [1.29, 1.82) is 0 Å². The molecule has 0 radical (unpaired) electrons. The highest BCUT2D eigenvalue weighted by atomic mass is 16.5. The molecule has 0 aromatic heterocycles. The summed E-state index contributed by atoms with van der Waals surface area (Å²) in [5.74, 6) is -2.04. The first-order chi connectivity index (χ1) is 10.3. The van der Waals surface area contributed by atoms with E-state index in [1.165, 1.54) is 28.2 Å². The van der Waals surface area contributed by atoms with Crippen molar-refractivity contribution in [3.63, 3.8) is 0 Å². The maximum atomic E-state index is 12.2. The van der Waals surface area contributed by atoms with Gasteiger partial charge in [-0.2, -0.15) is 0 Å². The monoisotopic (exact) mass is 309 g/mol. The molecule has 1 aromatic carbocycles. The van der Waals surface area contributed by atoms with E-state index in [1.807, 2.05) is 0 Å². The van der Waals surface area contributed by atoms with E-state index in [9.17, 15) is 14.4 Å². The Hall–Kier alpha value is -2.57. The summed E-state index contributed by atoms with van der Waals surface area (Å²) in [5.41, 5.74) is -0.950. The first-order valence-electron chi connectivity index (χ1n) is 6.48. The second-order valence-electron chi connectivity index (χ2n) is 4.82. The van der Waals surface area contributed by atoms with E-state index < -0.39 is 29.8 Å². The number of carbonyl (C=O) groups is 3. The van der Waals surface area contributed by atoms with Crippen molar-refractivity contribution in [2.24, 2.45) is 0 Å². The van der Waals surface area contributed by atoms with Crippen molar-refractivity contribution < 1.29 is 29.0 Å². The van der Waals surface area contributed by atoms with E-state index in [1.54, 1.807) is 24.3 Å². The molecular formula is C15H19NO6. The molecule has 1 rings (SSSR count). The van der Waals surface area contributed by atoms with Gasteiger partial charge in [0.1, 0.15) is 12.2 Å². The molecule has 7 heteroatoms. The Balaban J connectivity index is 3.26. The van der Waals surface area contributed by atoms with Crippen LogP contribution in [0.25, 0.3) is 0 Å². The molecule has 0 spiro atoms. The van der Waals surface area contributed by atoms with Gasteiger partial charge in [-0.15, -0.1) is 0 Å². The predicted octanol–water partition coefficient (Wildman–Crippen LogP) is 1.02. The van der Waals surface area contributed by atoms with Crippen molar-refractivity contribution in [2.75, 3.05) is 21.3 Å². The number of benzene rings is 1. The normalized spacial score (nSPS) is 12.9. The molecule has 0 heterocycles. The van der Waals surface area contributed by atoms with Crippen LogP contribution in [-0.4, -0.2) is 49.1 Å². The third-order valence-corrected chi connectivity index (χ3v) is 3.58. The molecule has 1 unspecified atom stereocenters. The van der Waals surface area contributed by atoms with Crippen LogP contribution in [0.5, 0.6) is 5.75 Å². The van der Waals surface area contributed by atoms with Crippen molar-refractivity contribution in [1.82, 2.24) is 4.90 Å². The number of aliphatic carboxylic acids is 1. The quantitative estimate of drug-likeness (QED) is 0.623. The van der Waals surface area contributed by atoms with Gasteiger partial charge in [0.15, 0.2) is 5.54 Å². The summed E-state index contributed by atoms with van der Waals surface area (Å²) in [7, 11) is 4.09. The molecule has 22 heavy (non-hydrogen) atoms. The van der Waals surface area contributed by atoms with E-state index >= 15 is 0 Å². The summed E-state index contributed by atoms with van der Waals surface area (Å²) >= 11 is 0. The van der Waals surface area contributed by atoms with E-state index in [4.69, 9.17) is 14.6 Å². The molecule has 1 aromatic rings. The number of rotatable bonds is 6. The number of hydrogen-bond acceptors (Lipinski definition) is 5. The van der Waals surface area contributed by atoms with Crippen molar-refractivity contribution >= 4 is 17.8 Å². The number of likely N-dealkylation sites (N-methyl/N-ethyl adjacent to an activating group) is 1. The van der Waals surface area contributed by atoms with Gasteiger partial charge >= 0.3 is 11.9 Å². The van der Waals surface area contributed by atoms with Crippen molar-refractivity contribution in [3.8, 4) is 5.75 Å². The third-order valence-electron chi connectivity index (χ3n) is 3.58. The SMILES string of the molecule is COC(=O)C(C)(c1ccc(OC)cc1)N(C)C(=O)CC(=O)O. The molecule has 0 aliphatic carbocycles. The predicted molar refractivity (Wildman–Crippen MR) is 77.4 cm³/mol. The third kappa shape index (κ3) is 3.36. The Kier molecular flexibility index (Phi) is 5.50. The minimum Gasteiger partial charge on any atom is -0.497 e. The van der Waals surface area contributed by atoms with Crippen LogP contribution < -0.4 is 4.74 Å². The second-order valence-corrected chi connectivity index (χ2v) is 4.82. The van der Waals surface area contributed by atoms with Gasteiger partial charge < -0.3 is 19.5 Å². The highest BCUT2D eigenvalue weighted by Gasteiger charge is 2.43. The van der Waals surface area contributed by atoms with Crippen LogP contribution in [-0.2, 0) is 24.7 Å². The van der Waals surface area contributed by atoms with Gasteiger partial charge in [0, 0.05) is 7.05 Å². The summed E-state index contributed by atoms with van der Waals surface area (Å²) in [5, 5.41) is 8.75. The molecule has 1 amide bonds.